The van der Waals surface area contributed by atoms with Crippen LogP contribution in [0.25, 0.3) is 0 Å². The standard InChI is InChI=1S/C13H12Br2N2OS/c1-8-16-10(7-19-8)6-17(2)13(18)11-4-3-9(14)5-12(11)15/h3-5,7H,6H2,1-2H3. The van der Waals surface area contributed by atoms with E-state index in [1.54, 1.807) is 29.4 Å². The first-order valence-corrected chi connectivity index (χ1v) is 8.05. The fraction of sp³-hybridized carbons (Fsp3) is 0.231. The van der Waals surface area contributed by atoms with Crippen molar-refractivity contribution >= 4 is 49.1 Å². The Hall–Kier alpha value is -0.720. The number of halogens is 2. The quantitative estimate of drug-likeness (QED) is 0.767. The van der Waals surface area contributed by atoms with Crippen molar-refractivity contribution in [2.24, 2.45) is 0 Å². The summed E-state index contributed by atoms with van der Waals surface area (Å²) in [5.41, 5.74) is 1.57. The molecule has 0 bridgehead atoms. The Labute approximate surface area is 132 Å². The monoisotopic (exact) mass is 402 g/mol. The van der Waals surface area contributed by atoms with E-state index in [0.29, 0.717) is 12.1 Å². The normalized spacial score (nSPS) is 10.5. The summed E-state index contributed by atoms with van der Waals surface area (Å²) in [5.74, 6) is -0.0231. The minimum atomic E-state index is -0.0231. The van der Waals surface area contributed by atoms with E-state index in [0.717, 1.165) is 19.6 Å². The van der Waals surface area contributed by atoms with E-state index < -0.39 is 0 Å². The van der Waals surface area contributed by atoms with Gasteiger partial charge in [-0.25, -0.2) is 4.98 Å². The van der Waals surface area contributed by atoms with Crippen LogP contribution < -0.4 is 0 Å². The van der Waals surface area contributed by atoms with Crippen molar-refractivity contribution in [2.45, 2.75) is 13.5 Å². The summed E-state index contributed by atoms with van der Waals surface area (Å²) in [6.07, 6.45) is 0. The second kappa shape index (κ2) is 6.15. The minimum absolute atomic E-state index is 0.0231. The second-order valence-corrected chi connectivity index (χ2v) is 6.98. The largest absolute Gasteiger partial charge is 0.336 e. The van der Waals surface area contributed by atoms with E-state index in [2.05, 4.69) is 36.8 Å². The SMILES string of the molecule is Cc1nc(CN(C)C(=O)c2ccc(Br)cc2Br)cs1. The number of hydrogen-bond donors (Lipinski definition) is 0. The van der Waals surface area contributed by atoms with Gasteiger partial charge in [0.1, 0.15) is 0 Å². The molecule has 19 heavy (non-hydrogen) atoms. The molecule has 0 saturated heterocycles. The van der Waals surface area contributed by atoms with Crippen molar-refractivity contribution in [1.29, 1.82) is 0 Å². The number of hydrogen-bond acceptors (Lipinski definition) is 3. The summed E-state index contributed by atoms with van der Waals surface area (Å²) in [5, 5.41) is 3.00. The van der Waals surface area contributed by atoms with E-state index >= 15 is 0 Å². The lowest BCUT2D eigenvalue weighted by atomic mass is 10.2. The van der Waals surface area contributed by atoms with Crippen molar-refractivity contribution in [3.05, 3.63) is 48.8 Å². The smallest absolute Gasteiger partial charge is 0.255 e. The van der Waals surface area contributed by atoms with Crippen LogP contribution in [0.5, 0.6) is 0 Å². The van der Waals surface area contributed by atoms with Crippen LogP contribution >= 0.6 is 43.2 Å². The molecule has 100 valence electrons. The summed E-state index contributed by atoms with van der Waals surface area (Å²) in [4.78, 5) is 18.4. The predicted molar refractivity (Wildman–Crippen MR) is 84.5 cm³/mol. The molecule has 2 rings (SSSR count). The number of nitrogens with zero attached hydrogens (tertiary/aromatic N) is 2. The summed E-state index contributed by atoms with van der Waals surface area (Å²) in [6, 6.07) is 5.53. The molecule has 0 atom stereocenters. The first kappa shape index (κ1) is 14.7. The van der Waals surface area contributed by atoms with E-state index in [1.165, 1.54) is 0 Å². The van der Waals surface area contributed by atoms with Crippen molar-refractivity contribution in [3.63, 3.8) is 0 Å². The molecule has 6 heteroatoms. The van der Waals surface area contributed by atoms with Gasteiger partial charge < -0.3 is 4.90 Å². The van der Waals surface area contributed by atoms with Gasteiger partial charge in [0.15, 0.2) is 0 Å². The maximum absolute atomic E-state index is 12.3. The Balaban J connectivity index is 2.14. The highest BCUT2D eigenvalue weighted by molar-refractivity contribution is 9.11. The molecule has 2 aromatic rings. The lowest BCUT2D eigenvalue weighted by Crippen LogP contribution is -2.26. The Morgan fingerprint density at radius 3 is 2.74 bits per heavy atom. The molecule has 0 fully saturated rings. The van der Waals surface area contributed by atoms with Crippen LogP contribution in [0.4, 0.5) is 0 Å². The van der Waals surface area contributed by atoms with E-state index in [9.17, 15) is 4.79 Å². The summed E-state index contributed by atoms with van der Waals surface area (Å²) >= 11 is 8.38. The molecule has 0 aliphatic heterocycles. The zero-order valence-electron chi connectivity index (χ0n) is 10.5. The minimum Gasteiger partial charge on any atom is -0.336 e. The van der Waals surface area contributed by atoms with Gasteiger partial charge in [-0.2, -0.15) is 0 Å². The van der Waals surface area contributed by atoms with Gasteiger partial charge in [0.25, 0.3) is 5.91 Å². The first-order valence-electron chi connectivity index (χ1n) is 5.59. The maximum atomic E-state index is 12.3. The molecular formula is C13H12Br2N2OS. The molecule has 0 spiro atoms. The molecule has 0 aliphatic carbocycles. The third-order valence-corrected chi connectivity index (χ3v) is 4.55. The van der Waals surface area contributed by atoms with Gasteiger partial charge in [-0.05, 0) is 41.1 Å². The first-order chi connectivity index (χ1) is 8.97. The van der Waals surface area contributed by atoms with Crippen molar-refractivity contribution in [3.8, 4) is 0 Å². The zero-order valence-corrected chi connectivity index (χ0v) is 14.5. The Morgan fingerprint density at radius 1 is 1.42 bits per heavy atom. The van der Waals surface area contributed by atoms with Crippen LogP contribution in [-0.2, 0) is 6.54 Å². The molecule has 1 aromatic heterocycles. The highest BCUT2D eigenvalue weighted by atomic mass is 79.9. The summed E-state index contributed by atoms with van der Waals surface area (Å²) in [7, 11) is 1.78. The molecule has 0 saturated carbocycles. The summed E-state index contributed by atoms with van der Waals surface area (Å²) < 4.78 is 1.72. The van der Waals surface area contributed by atoms with Crippen molar-refractivity contribution in [2.75, 3.05) is 7.05 Å². The van der Waals surface area contributed by atoms with E-state index in [4.69, 9.17) is 0 Å². The van der Waals surface area contributed by atoms with Gasteiger partial charge in [-0.3, -0.25) is 4.79 Å². The van der Waals surface area contributed by atoms with Crippen LogP contribution in [0.2, 0.25) is 0 Å². The Bertz CT molecular complexity index is 612. The molecule has 0 unspecified atom stereocenters. The Morgan fingerprint density at radius 2 is 2.16 bits per heavy atom. The molecule has 0 aliphatic rings. The topological polar surface area (TPSA) is 33.2 Å². The van der Waals surface area contributed by atoms with Crippen molar-refractivity contribution in [1.82, 2.24) is 9.88 Å². The van der Waals surface area contributed by atoms with E-state index in [1.807, 2.05) is 24.4 Å². The number of thiazole rings is 1. The number of rotatable bonds is 3. The van der Waals surface area contributed by atoms with Crippen molar-refractivity contribution < 1.29 is 4.79 Å². The molecule has 3 nitrogen and oxygen atoms in total. The van der Waals surface area contributed by atoms with Gasteiger partial charge >= 0.3 is 0 Å². The predicted octanol–water partition coefficient (Wildman–Crippen LogP) is 4.25. The molecule has 1 aromatic carbocycles. The fourth-order valence-electron chi connectivity index (χ4n) is 1.66. The van der Waals surface area contributed by atoms with Gasteiger partial charge in [-0.1, -0.05) is 15.9 Å². The number of carbonyl (C=O) groups excluding carboxylic acids is 1. The zero-order chi connectivity index (χ0) is 14.0. The second-order valence-electron chi connectivity index (χ2n) is 4.14. The van der Waals surface area contributed by atoms with E-state index in [-0.39, 0.29) is 5.91 Å². The molecule has 0 radical (unpaired) electrons. The highest BCUT2D eigenvalue weighted by Gasteiger charge is 2.16. The van der Waals surface area contributed by atoms with Gasteiger partial charge in [0.2, 0.25) is 0 Å². The average Bonchev–Trinajstić information content (AvgIpc) is 2.74. The third-order valence-electron chi connectivity index (χ3n) is 2.57. The van der Waals surface area contributed by atoms with Crippen LogP contribution in [0.3, 0.4) is 0 Å². The molecule has 1 amide bonds. The Kier molecular flexibility index (Phi) is 4.76. The molecular weight excluding hydrogens is 392 g/mol. The number of benzene rings is 1. The van der Waals surface area contributed by atoms with Gasteiger partial charge in [0, 0.05) is 21.4 Å². The number of amides is 1. The molecule has 0 N–H and O–H groups in total. The third kappa shape index (κ3) is 3.64. The van der Waals surface area contributed by atoms with Gasteiger partial charge in [-0.15, -0.1) is 11.3 Å². The van der Waals surface area contributed by atoms with Crippen LogP contribution in [0.1, 0.15) is 21.1 Å². The van der Waals surface area contributed by atoms with Crippen LogP contribution in [0.15, 0.2) is 32.5 Å². The fourth-order valence-corrected chi connectivity index (χ4v) is 3.48. The lowest BCUT2D eigenvalue weighted by Gasteiger charge is -2.17. The van der Waals surface area contributed by atoms with Crippen LogP contribution in [0, 0.1) is 6.92 Å². The molecule has 1 heterocycles. The number of carbonyl (C=O) groups is 1. The summed E-state index contributed by atoms with van der Waals surface area (Å²) in [6.45, 7) is 2.48. The highest BCUT2D eigenvalue weighted by Crippen LogP contribution is 2.23. The number of aryl methyl sites for hydroxylation is 1. The van der Waals surface area contributed by atoms with Gasteiger partial charge in [0.05, 0.1) is 22.8 Å². The lowest BCUT2D eigenvalue weighted by molar-refractivity contribution is 0.0782. The number of aromatic nitrogens is 1. The maximum Gasteiger partial charge on any atom is 0.255 e. The average molecular weight is 404 g/mol. The van der Waals surface area contributed by atoms with Crippen LogP contribution in [-0.4, -0.2) is 22.8 Å².